The molecule has 178 valence electrons. The number of nitrogens with zero attached hydrogens (tertiary/aromatic N) is 4. The van der Waals surface area contributed by atoms with Crippen LogP contribution in [0.3, 0.4) is 0 Å². The maximum absolute atomic E-state index is 13.3. The van der Waals surface area contributed by atoms with E-state index in [1.807, 2.05) is 41.1 Å². The fourth-order valence-corrected chi connectivity index (χ4v) is 3.74. The van der Waals surface area contributed by atoms with Gasteiger partial charge in [-0.15, -0.1) is 0 Å². The number of amides is 2. The van der Waals surface area contributed by atoms with E-state index in [9.17, 15) is 9.59 Å². The van der Waals surface area contributed by atoms with Gasteiger partial charge in [0.15, 0.2) is 5.69 Å². The van der Waals surface area contributed by atoms with E-state index < -0.39 is 0 Å². The summed E-state index contributed by atoms with van der Waals surface area (Å²) in [6.07, 6.45) is 9.61. The third-order valence-corrected chi connectivity index (χ3v) is 5.38. The number of anilines is 1. The zero-order valence-corrected chi connectivity index (χ0v) is 19.0. The highest BCUT2D eigenvalue weighted by Gasteiger charge is 2.18. The first-order valence-electron chi connectivity index (χ1n) is 11.0. The standard InChI is InChI=1S/C25H26N8O2/c26-9-13-33(27)16-18-7-8-21(20-5-2-1-4-19(18)20)24(34)31-22-6-3-10-29-23(22)25(35)30-12-15-32-14-11-28-17-32/h1-11,13-14,17H,12,15-16,26-27H2,(H,30,35)(H,31,34)/b13-9-. The van der Waals surface area contributed by atoms with E-state index in [1.54, 1.807) is 36.9 Å². The van der Waals surface area contributed by atoms with Crippen molar-refractivity contribution >= 4 is 28.3 Å². The Bertz CT molecular complexity index is 1350. The maximum Gasteiger partial charge on any atom is 0.272 e. The van der Waals surface area contributed by atoms with Crippen LogP contribution in [0.4, 0.5) is 5.69 Å². The summed E-state index contributed by atoms with van der Waals surface area (Å²) >= 11 is 0. The number of benzene rings is 2. The van der Waals surface area contributed by atoms with Gasteiger partial charge < -0.3 is 25.9 Å². The molecule has 2 amide bonds. The number of carbonyl (C=O) groups is 2. The summed E-state index contributed by atoms with van der Waals surface area (Å²) in [5.74, 6) is 5.23. The zero-order valence-electron chi connectivity index (χ0n) is 19.0. The molecule has 0 saturated carbocycles. The average Bonchev–Trinajstić information content (AvgIpc) is 3.38. The first-order chi connectivity index (χ1) is 17.1. The molecule has 35 heavy (non-hydrogen) atoms. The second-order valence-corrected chi connectivity index (χ2v) is 7.74. The molecule has 0 bridgehead atoms. The summed E-state index contributed by atoms with van der Waals surface area (Å²) < 4.78 is 1.85. The molecule has 4 aromatic rings. The van der Waals surface area contributed by atoms with Crippen molar-refractivity contribution in [3.05, 3.63) is 103 Å². The number of aromatic nitrogens is 3. The van der Waals surface area contributed by atoms with Gasteiger partial charge in [-0.3, -0.25) is 9.59 Å². The molecular weight excluding hydrogens is 444 g/mol. The van der Waals surface area contributed by atoms with Crippen molar-refractivity contribution in [2.75, 3.05) is 11.9 Å². The highest BCUT2D eigenvalue weighted by atomic mass is 16.2. The van der Waals surface area contributed by atoms with E-state index >= 15 is 0 Å². The molecule has 10 heteroatoms. The van der Waals surface area contributed by atoms with E-state index in [0.717, 1.165) is 16.3 Å². The van der Waals surface area contributed by atoms with Gasteiger partial charge in [-0.05, 0) is 34.5 Å². The number of carbonyl (C=O) groups excluding carboxylic acids is 2. The highest BCUT2D eigenvalue weighted by Crippen LogP contribution is 2.25. The van der Waals surface area contributed by atoms with Crippen molar-refractivity contribution in [1.29, 1.82) is 0 Å². The molecule has 0 atom stereocenters. The van der Waals surface area contributed by atoms with E-state index in [-0.39, 0.29) is 17.5 Å². The molecular formula is C25H26N8O2. The summed E-state index contributed by atoms with van der Waals surface area (Å²) in [6, 6.07) is 14.5. The third-order valence-electron chi connectivity index (χ3n) is 5.38. The van der Waals surface area contributed by atoms with Gasteiger partial charge >= 0.3 is 0 Å². The molecule has 2 aromatic heterocycles. The minimum atomic E-state index is -0.378. The Hall–Kier alpha value is -4.70. The van der Waals surface area contributed by atoms with Crippen LogP contribution in [0.15, 0.2) is 85.8 Å². The quantitative estimate of drug-likeness (QED) is 0.217. The minimum absolute atomic E-state index is 0.139. The Morgan fingerprint density at radius 2 is 1.86 bits per heavy atom. The number of hydrogen-bond acceptors (Lipinski definition) is 7. The maximum atomic E-state index is 13.3. The molecule has 0 radical (unpaired) electrons. The van der Waals surface area contributed by atoms with Gasteiger partial charge in [0.1, 0.15) is 0 Å². The number of nitrogens with one attached hydrogen (secondary N) is 2. The zero-order chi connectivity index (χ0) is 24.6. The Labute approximate surface area is 202 Å². The van der Waals surface area contributed by atoms with Crippen molar-refractivity contribution < 1.29 is 9.59 Å². The third kappa shape index (κ3) is 5.63. The molecule has 2 aromatic carbocycles. The van der Waals surface area contributed by atoms with Gasteiger partial charge in [0, 0.05) is 49.6 Å². The van der Waals surface area contributed by atoms with Crippen LogP contribution < -0.4 is 22.2 Å². The predicted molar refractivity (Wildman–Crippen MR) is 134 cm³/mol. The predicted octanol–water partition coefficient (Wildman–Crippen LogP) is 2.22. The van der Waals surface area contributed by atoms with Gasteiger partial charge in [0.05, 0.1) is 18.6 Å². The van der Waals surface area contributed by atoms with Crippen LogP contribution in [0.1, 0.15) is 26.4 Å². The van der Waals surface area contributed by atoms with Gasteiger partial charge in [0.25, 0.3) is 11.8 Å². The molecule has 2 heterocycles. The summed E-state index contributed by atoms with van der Waals surface area (Å²) in [7, 11) is 0. The molecule has 10 nitrogen and oxygen atoms in total. The number of fused-ring (bicyclic) bond motifs is 1. The topological polar surface area (TPSA) is 144 Å². The molecule has 0 aliphatic carbocycles. The van der Waals surface area contributed by atoms with Crippen molar-refractivity contribution in [1.82, 2.24) is 24.9 Å². The molecule has 0 fully saturated rings. The Balaban J connectivity index is 1.53. The number of hydrazine groups is 1. The van der Waals surface area contributed by atoms with E-state index in [1.165, 1.54) is 17.4 Å². The van der Waals surface area contributed by atoms with Crippen LogP contribution >= 0.6 is 0 Å². The Morgan fingerprint density at radius 1 is 1.03 bits per heavy atom. The Kier molecular flexibility index (Phi) is 7.34. The summed E-state index contributed by atoms with van der Waals surface area (Å²) in [5.41, 5.74) is 7.30. The molecule has 6 N–H and O–H groups in total. The second-order valence-electron chi connectivity index (χ2n) is 7.74. The normalized spacial score (nSPS) is 11.0. The molecule has 0 saturated heterocycles. The highest BCUT2D eigenvalue weighted by molar-refractivity contribution is 6.15. The fraction of sp³-hybridized carbons (Fsp3) is 0.120. The van der Waals surface area contributed by atoms with Crippen molar-refractivity contribution in [3.8, 4) is 0 Å². The molecule has 0 aliphatic heterocycles. The summed E-state index contributed by atoms with van der Waals surface area (Å²) in [4.78, 5) is 34.2. The molecule has 4 rings (SSSR count). The van der Waals surface area contributed by atoms with Gasteiger partial charge in [-0.25, -0.2) is 15.8 Å². The lowest BCUT2D eigenvalue weighted by atomic mass is 9.98. The van der Waals surface area contributed by atoms with E-state index in [0.29, 0.717) is 30.9 Å². The minimum Gasteiger partial charge on any atom is -0.403 e. The number of nitrogens with two attached hydrogens (primary N) is 2. The number of imidazole rings is 1. The van der Waals surface area contributed by atoms with Crippen LogP contribution in [0.2, 0.25) is 0 Å². The van der Waals surface area contributed by atoms with E-state index in [2.05, 4.69) is 20.6 Å². The van der Waals surface area contributed by atoms with Crippen LogP contribution in [0.25, 0.3) is 10.8 Å². The lowest BCUT2D eigenvalue weighted by Gasteiger charge is -2.17. The van der Waals surface area contributed by atoms with Crippen molar-refractivity contribution in [3.63, 3.8) is 0 Å². The van der Waals surface area contributed by atoms with Crippen molar-refractivity contribution in [2.45, 2.75) is 13.1 Å². The largest absolute Gasteiger partial charge is 0.403 e. The van der Waals surface area contributed by atoms with E-state index in [4.69, 9.17) is 11.6 Å². The van der Waals surface area contributed by atoms with Gasteiger partial charge in [-0.2, -0.15) is 0 Å². The first-order valence-corrected chi connectivity index (χ1v) is 11.0. The number of pyridine rings is 1. The van der Waals surface area contributed by atoms with Crippen LogP contribution in [-0.2, 0) is 13.1 Å². The smallest absolute Gasteiger partial charge is 0.272 e. The second kappa shape index (κ2) is 10.9. The molecule has 0 unspecified atom stereocenters. The summed E-state index contributed by atoms with van der Waals surface area (Å²) in [6.45, 7) is 1.38. The lowest BCUT2D eigenvalue weighted by molar-refractivity contribution is 0.0948. The monoisotopic (exact) mass is 470 g/mol. The van der Waals surface area contributed by atoms with Gasteiger partial charge in [0.2, 0.25) is 0 Å². The SMILES string of the molecule is N/C=C\N(N)Cc1ccc(C(=O)Nc2cccnc2C(=O)NCCn2ccnc2)c2ccccc12. The average molecular weight is 471 g/mol. The number of hydrogen-bond donors (Lipinski definition) is 4. The fourth-order valence-electron chi connectivity index (χ4n) is 3.74. The van der Waals surface area contributed by atoms with Gasteiger partial charge in [-0.1, -0.05) is 30.3 Å². The first kappa shape index (κ1) is 23.5. The van der Waals surface area contributed by atoms with Crippen LogP contribution in [0, 0.1) is 0 Å². The molecule has 0 aliphatic rings. The lowest BCUT2D eigenvalue weighted by Crippen LogP contribution is -2.29. The number of rotatable bonds is 9. The Morgan fingerprint density at radius 3 is 2.63 bits per heavy atom. The van der Waals surface area contributed by atoms with Crippen LogP contribution in [-0.4, -0.2) is 37.9 Å². The summed E-state index contributed by atoms with van der Waals surface area (Å²) in [5, 5.41) is 8.79. The van der Waals surface area contributed by atoms with Crippen molar-refractivity contribution in [2.24, 2.45) is 11.6 Å². The molecule has 0 spiro atoms. The van der Waals surface area contributed by atoms with Crippen LogP contribution in [0.5, 0.6) is 0 Å².